The number of hydrogen-bond donors (Lipinski definition) is 2. The number of nitrogens with two attached hydrogens (primary N) is 1. The molecule has 0 spiro atoms. The molecule has 3 N–H and O–H groups in total. The molecule has 1 aromatic rings. The molecule has 1 aromatic carbocycles. The lowest BCUT2D eigenvalue weighted by molar-refractivity contribution is -0.134. The summed E-state index contributed by atoms with van der Waals surface area (Å²) < 4.78 is 0. The molecule has 0 aliphatic carbocycles. The van der Waals surface area contributed by atoms with Gasteiger partial charge in [-0.2, -0.15) is 0 Å². The number of aliphatic hydroxyl groups excluding tert-OH is 1. The quantitative estimate of drug-likeness (QED) is 0.863. The maximum absolute atomic E-state index is 12.3. The SMILES string of the molecule is CC(O)C1CCN(C(=O)[C@@H](N)c2ccccc2)CC1. The van der Waals surface area contributed by atoms with Crippen LogP contribution in [0.5, 0.6) is 0 Å². The second-order valence-electron chi connectivity index (χ2n) is 5.29. The number of benzene rings is 1. The number of likely N-dealkylation sites (tertiary alicyclic amines) is 1. The van der Waals surface area contributed by atoms with Gasteiger partial charge >= 0.3 is 0 Å². The van der Waals surface area contributed by atoms with Gasteiger partial charge in [0.2, 0.25) is 5.91 Å². The van der Waals surface area contributed by atoms with E-state index in [0.29, 0.717) is 19.0 Å². The number of carbonyl (C=O) groups is 1. The summed E-state index contributed by atoms with van der Waals surface area (Å²) in [4.78, 5) is 14.1. The topological polar surface area (TPSA) is 66.6 Å². The normalized spacial score (nSPS) is 20.1. The molecule has 1 heterocycles. The fourth-order valence-corrected chi connectivity index (χ4v) is 2.60. The Hall–Kier alpha value is -1.39. The van der Waals surface area contributed by atoms with Gasteiger partial charge in [-0.05, 0) is 31.2 Å². The molecule has 4 nitrogen and oxygen atoms in total. The second-order valence-corrected chi connectivity index (χ2v) is 5.29. The number of piperidine rings is 1. The Morgan fingerprint density at radius 2 is 1.89 bits per heavy atom. The van der Waals surface area contributed by atoms with Gasteiger partial charge in [0, 0.05) is 13.1 Å². The molecule has 104 valence electrons. The Morgan fingerprint density at radius 1 is 1.32 bits per heavy atom. The molecule has 1 saturated heterocycles. The van der Waals surface area contributed by atoms with Crippen molar-refractivity contribution in [2.45, 2.75) is 31.9 Å². The van der Waals surface area contributed by atoms with Crippen LogP contribution in [0, 0.1) is 5.92 Å². The summed E-state index contributed by atoms with van der Waals surface area (Å²) in [6.45, 7) is 3.20. The zero-order valence-electron chi connectivity index (χ0n) is 11.3. The fraction of sp³-hybridized carbons (Fsp3) is 0.533. The van der Waals surface area contributed by atoms with Crippen LogP contribution in [-0.4, -0.2) is 35.1 Å². The van der Waals surface area contributed by atoms with Gasteiger partial charge in [-0.15, -0.1) is 0 Å². The molecule has 0 saturated carbocycles. The third-order valence-corrected chi connectivity index (χ3v) is 3.96. The molecule has 0 radical (unpaired) electrons. The number of hydrogen-bond acceptors (Lipinski definition) is 3. The van der Waals surface area contributed by atoms with E-state index in [4.69, 9.17) is 5.73 Å². The van der Waals surface area contributed by atoms with Crippen LogP contribution in [-0.2, 0) is 4.79 Å². The lowest BCUT2D eigenvalue weighted by Gasteiger charge is -2.34. The van der Waals surface area contributed by atoms with Crippen molar-refractivity contribution < 1.29 is 9.90 Å². The average molecular weight is 262 g/mol. The molecule has 1 fully saturated rings. The summed E-state index contributed by atoms with van der Waals surface area (Å²) in [5, 5.41) is 9.56. The molecule has 1 aliphatic rings. The largest absolute Gasteiger partial charge is 0.393 e. The lowest BCUT2D eigenvalue weighted by Crippen LogP contribution is -2.44. The molecule has 1 aliphatic heterocycles. The van der Waals surface area contributed by atoms with Crippen molar-refractivity contribution in [1.82, 2.24) is 4.90 Å². The van der Waals surface area contributed by atoms with Crippen molar-refractivity contribution in [3.8, 4) is 0 Å². The summed E-state index contributed by atoms with van der Waals surface area (Å²) in [6, 6.07) is 8.87. The highest BCUT2D eigenvalue weighted by atomic mass is 16.3. The van der Waals surface area contributed by atoms with Gasteiger partial charge in [0.25, 0.3) is 0 Å². The van der Waals surface area contributed by atoms with Gasteiger partial charge in [-0.3, -0.25) is 4.79 Å². The predicted octanol–water partition coefficient (Wildman–Crippen LogP) is 1.31. The number of amides is 1. The van der Waals surface area contributed by atoms with Crippen LogP contribution < -0.4 is 5.73 Å². The Bertz CT molecular complexity index is 411. The monoisotopic (exact) mass is 262 g/mol. The van der Waals surface area contributed by atoms with Gasteiger partial charge in [-0.25, -0.2) is 0 Å². The second kappa shape index (κ2) is 6.17. The van der Waals surface area contributed by atoms with Gasteiger partial charge in [0.15, 0.2) is 0 Å². The van der Waals surface area contributed by atoms with Crippen molar-refractivity contribution >= 4 is 5.91 Å². The van der Waals surface area contributed by atoms with Crippen LogP contribution in [0.3, 0.4) is 0 Å². The smallest absolute Gasteiger partial charge is 0.244 e. The van der Waals surface area contributed by atoms with E-state index in [0.717, 1.165) is 18.4 Å². The average Bonchev–Trinajstić information content (AvgIpc) is 2.46. The first-order valence-corrected chi connectivity index (χ1v) is 6.87. The maximum Gasteiger partial charge on any atom is 0.244 e. The first-order valence-electron chi connectivity index (χ1n) is 6.87. The highest BCUT2D eigenvalue weighted by Crippen LogP contribution is 2.22. The van der Waals surface area contributed by atoms with E-state index in [1.54, 1.807) is 0 Å². The summed E-state index contributed by atoms with van der Waals surface area (Å²) in [7, 11) is 0. The highest BCUT2D eigenvalue weighted by molar-refractivity contribution is 5.83. The van der Waals surface area contributed by atoms with E-state index in [1.807, 2.05) is 42.2 Å². The minimum Gasteiger partial charge on any atom is -0.393 e. The minimum atomic E-state index is -0.579. The molecule has 0 bridgehead atoms. The van der Waals surface area contributed by atoms with E-state index < -0.39 is 6.04 Å². The van der Waals surface area contributed by atoms with Gasteiger partial charge in [-0.1, -0.05) is 30.3 Å². The summed E-state index contributed by atoms with van der Waals surface area (Å²) in [5.41, 5.74) is 6.88. The van der Waals surface area contributed by atoms with Gasteiger partial charge in [0.1, 0.15) is 6.04 Å². The molecule has 2 rings (SSSR count). The van der Waals surface area contributed by atoms with Crippen LogP contribution in [0.15, 0.2) is 30.3 Å². The third-order valence-electron chi connectivity index (χ3n) is 3.96. The van der Waals surface area contributed by atoms with Crippen LogP contribution in [0.1, 0.15) is 31.4 Å². The highest BCUT2D eigenvalue weighted by Gasteiger charge is 2.28. The lowest BCUT2D eigenvalue weighted by atomic mass is 9.91. The predicted molar refractivity (Wildman–Crippen MR) is 74.4 cm³/mol. The number of carbonyl (C=O) groups excluding carboxylic acids is 1. The Labute approximate surface area is 114 Å². The molecule has 19 heavy (non-hydrogen) atoms. The van der Waals surface area contributed by atoms with E-state index in [1.165, 1.54) is 0 Å². The van der Waals surface area contributed by atoms with Crippen molar-refractivity contribution in [3.05, 3.63) is 35.9 Å². The summed E-state index contributed by atoms with van der Waals surface area (Å²) >= 11 is 0. The van der Waals surface area contributed by atoms with Crippen molar-refractivity contribution in [3.63, 3.8) is 0 Å². The van der Waals surface area contributed by atoms with Gasteiger partial charge in [0.05, 0.1) is 6.10 Å². The summed E-state index contributed by atoms with van der Waals surface area (Å²) in [5.74, 6) is 0.284. The molecule has 1 unspecified atom stereocenters. The Kier molecular flexibility index (Phi) is 4.56. The standard InChI is InChI=1S/C15H22N2O2/c1-11(18)12-7-9-17(10-8-12)15(19)14(16)13-5-3-2-4-6-13/h2-6,11-12,14,18H,7-10,16H2,1H3/t11?,14-/m0/s1. The maximum atomic E-state index is 12.3. The Balaban J connectivity index is 1.94. The third kappa shape index (κ3) is 3.33. The summed E-state index contributed by atoms with van der Waals surface area (Å²) in [6.07, 6.45) is 1.41. The van der Waals surface area contributed by atoms with Crippen molar-refractivity contribution in [1.29, 1.82) is 0 Å². The van der Waals surface area contributed by atoms with Gasteiger partial charge < -0.3 is 15.7 Å². The fourth-order valence-electron chi connectivity index (χ4n) is 2.60. The van der Waals surface area contributed by atoms with E-state index in [2.05, 4.69) is 0 Å². The number of rotatable bonds is 3. The minimum absolute atomic E-state index is 0.0183. The zero-order chi connectivity index (χ0) is 13.8. The van der Waals surface area contributed by atoms with Crippen molar-refractivity contribution in [2.24, 2.45) is 11.7 Å². The van der Waals surface area contributed by atoms with Crippen LogP contribution in [0.25, 0.3) is 0 Å². The molecule has 0 aromatic heterocycles. The molecule has 4 heteroatoms. The molecular formula is C15H22N2O2. The van der Waals surface area contributed by atoms with E-state index in [9.17, 15) is 9.90 Å². The number of nitrogens with zero attached hydrogens (tertiary/aromatic N) is 1. The van der Waals surface area contributed by atoms with Crippen molar-refractivity contribution in [2.75, 3.05) is 13.1 Å². The first kappa shape index (κ1) is 14.0. The molecule has 1 amide bonds. The first-order chi connectivity index (χ1) is 9.09. The van der Waals surface area contributed by atoms with E-state index >= 15 is 0 Å². The molecular weight excluding hydrogens is 240 g/mol. The van der Waals surface area contributed by atoms with Crippen LogP contribution in [0.2, 0.25) is 0 Å². The Morgan fingerprint density at radius 3 is 2.42 bits per heavy atom. The van der Waals surface area contributed by atoms with Crippen LogP contribution in [0.4, 0.5) is 0 Å². The van der Waals surface area contributed by atoms with E-state index in [-0.39, 0.29) is 12.0 Å². The zero-order valence-corrected chi connectivity index (χ0v) is 11.3. The number of aliphatic hydroxyl groups is 1. The molecule has 2 atom stereocenters. The van der Waals surface area contributed by atoms with Crippen LogP contribution >= 0.6 is 0 Å².